The van der Waals surface area contributed by atoms with Gasteiger partial charge in [0.2, 0.25) is 21.8 Å². The first-order chi connectivity index (χ1) is 15.2. The average molecular weight is 486 g/mol. The lowest BCUT2D eigenvalue weighted by atomic mass is 10.1. The van der Waals surface area contributed by atoms with Crippen molar-refractivity contribution in [3.8, 4) is 0 Å². The SMILES string of the molecule is O=C(O)[C@@H]1CCCN1C(=O)[C@@H](CC(=O)N1CC[S+]([O-])CC1)NS(=O)(=O)Cc1ccccc1. The number of rotatable bonds is 8. The van der Waals surface area contributed by atoms with E-state index in [4.69, 9.17) is 0 Å². The molecule has 1 aromatic rings. The molecule has 0 aromatic heterocycles. The molecule has 2 aliphatic heterocycles. The van der Waals surface area contributed by atoms with E-state index in [1.54, 1.807) is 30.3 Å². The lowest BCUT2D eigenvalue weighted by Crippen LogP contribution is -2.54. The van der Waals surface area contributed by atoms with Crippen molar-refractivity contribution >= 4 is 39.0 Å². The second kappa shape index (κ2) is 10.6. The molecule has 2 fully saturated rings. The molecule has 0 radical (unpaired) electrons. The highest BCUT2D eigenvalue weighted by atomic mass is 32.2. The van der Waals surface area contributed by atoms with Crippen LogP contribution in [-0.4, -0.2) is 88.9 Å². The number of carbonyl (C=O) groups excluding carboxylic acids is 2. The van der Waals surface area contributed by atoms with Gasteiger partial charge in [0.15, 0.2) is 0 Å². The summed E-state index contributed by atoms with van der Waals surface area (Å²) < 4.78 is 39.5. The molecule has 10 nitrogen and oxygen atoms in total. The van der Waals surface area contributed by atoms with Crippen LogP contribution in [0.5, 0.6) is 0 Å². The Bertz CT molecular complexity index is 934. The third-order valence-electron chi connectivity index (χ3n) is 5.55. The number of nitrogens with zero attached hydrogens (tertiary/aromatic N) is 2. The van der Waals surface area contributed by atoms with E-state index in [0.29, 0.717) is 23.5 Å². The third kappa shape index (κ3) is 6.44. The van der Waals surface area contributed by atoms with E-state index < -0.39 is 57.5 Å². The summed E-state index contributed by atoms with van der Waals surface area (Å²) >= 11 is -0.995. The molecule has 12 heteroatoms. The molecular formula is C20H27N3O7S2. The van der Waals surface area contributed by atoms with Gasteiger partial charge in [-0.3, -0.25) is 9.59 Å². The quantitative estimate of drug-likeness (QED) is 0.473. The maximum atomic E-state index is 13.2. The summed E-state index contributed by atoms with van der Waals surface area (Å²) in [5.41, 5.74) is 0.514. The topological polar surface area (TPSA) is 147 Å². The minimum absolute atomic E-state index is 0.184. The van der Waals surface area contributed by atoms with Crippen LogP contribution in [0, 0.1) is 0 Å². The fourth-order valence-electron chi connectivity index (χ4n) is 3.91. The van der Waals surface area contributed by atoms with Gasteiger partial charge < -0.3 is 19.5 Å². The lowest BCUT2D eigenvalue weighted by Gasteiger charge is -2.31. The maximum absolute atomic E-state index is 13.2. The predicted molar refractivity (Wildman–Crippen MR) is 117 cm³/mol. The van der Waals surface area contributed by atoms with Gasteiger partial charge in [-0.25, -0.2) is 17.9 Å². The number of nitrogens with one attached hydrogen (secondary N) is 1. The van der Waals surface area contributed by atoms with Gasteiger partial charge in [-0.1, -0.05) is 41.5 Å². The number of benzene rings is 1. The number of amides is 2. The Kier molecular flexibility index (Phi) is 8.15. The van der Waals surface area contributed by atoms with Gasteiger partial charge in [-0.15, -0.1) is 0 Å². The van der Waals surface area contributed by atoms with Crippen LogP contribution in [0.25, 0.3) is 0 Å². The van der Waals surface area contributed by atoms with Crippen LogP contribution in [0.1, 0.15) is 24.8 Å². The minimum atomic E-state index is -4.00. The molecule has 3 rings (SSSR count). The Morgan fingerprint density at radius 3 is 2.44 bits per heavy atom. The first-order valence-corrected chi connectivity index (χ1v) is 13.5. The van der Waals surface area contributed by atoms with Gasteiger partial charge in [0, 0.05) is 6.54 Å². The molecule has 1 aromatic carbocycles. The average Bonchev–Trinajstić information content (AvgIpc) is 3.23. The van der Waals surface area contributed by atoms with E-state index in [1.807, 2.05) is 0 Å². The number of aliphatic carboxylic acids is 1. The first-order valence-electron chi connectivity index (χ1n) is 10.4. The van der Waals surface area contributed by atoms with Crippen LogP contribution in [0.4, 0.5) is 0 Å². The van der Waals surface area contributed by atoms with Crippen molar-refractivity contribution in [2.75, 3.05) is 31.1 Å². The van der Waals surface area contributed by atoms with Gasteiger partial charge >= 0.3 is 5.97 Å². The maximum Gasteiger partial charge on any atom is 0.326 e. The zero-order valence-electron chi connectivity index (χ0n) is 17.5. The summed E-state index contributed by atoms with van der Waals surface area (Å²) in [5, 5.41) is 9.42. The molecule has 2 aliphatic rings. The summed E-state index contributed by atoms with van der Waals surface area (Å²) in [6.07, 6.45) is 0.330. The fourth-order valence-corrected chi connectivity index (χ4v) is 6.29. The van der Waals surface area contributed by atoms with E-state index in [9.17, 15) is 32.5 Å². The summed E-state index contributed by atoms with van der Waals surface area (Å²) in [4.78, 5) is 40.1. The molecule has 176 valence electrons. The Labute approximate surface area is 190 Å². The second-order valence-corrected chi connectivity index (χ2v) is 11.3. The lowest BCUT2D eigenvalue weighted by molar-refractivity contribution is -0.149. The molecule has 0 saturated carbocycles. The number of sulfonamides is 1. The number of hydrogen-bond donors (Lipinski definition) is 2. The highest BCUT2D eigenvalue weighted by Gasteiger charge is 2.40. The van der Waals surface area contributed by atoms with Gasteiger partial charge in [0.05, 0.1) is 25.3 Å². The molecule has 2 atom stereocenters. The van der Waals surface area contributed by atoms with Crippen LogP contribution in [0.3, 0.4) is 0 Å². The molecule has 32 heavy (non-hydrogen) atoms. The molecule has 2 heterocycles. The monoisotopic (exact) mass is 485 g/mol. The van der Waals surface area contributed by atoms with Crippen molar-refractivity contribution in [1.29, 1.82) is 0 Å². The zero-order valence-corrected chi connectivity index (χ0v) is 19.1. The molecule has 0 spiro atoms. The Balaban J connectivity index is 1.77. The van der Waals surface area contributed by atoms with E-state index in [1.165, 1.54) is 4.90 Å². The van der Waals surface area contributed by atoms with Crippen molar-refractivity contribution in [2.45, 2.75) is 37.1 Å². The van der Waals surface area contributed by atoms with Crippen molar-refractivity contribution in [1.82, 2.24) is 14.5 Å². The van der Waals surface area contributed by atoms with Crippen molar-refractivity contribution in [2.24, 2.45) is 0 Å². The minimum Gasteiger partial charge on any atom is -0.616 e. The van der Waals surface area contributed by atoms with Crippen LogP contribution in [0.2, 0.25) is 0 Å². The van der Waals surface area contributed by atoms with Gasteiger partial charge in [0.25, 0.3) is 0 Å². The highest BCUT2D eigenvalue weighted by Crippen LogP contribution is 2.20. The smallest absolute Gasteiger partial charge is 0.326 e. The number of carbonyl (C=O) groups is 3. The van der Waals surface area contributed by atoms with Crippen LogP contribution in [-0.2, 0) is 41.3 Å². The van der Waals surface area contributed by atoms with Crippen LogP contribution < -0.4 is 4.72 Å². The Hall–Kier alpha value is -2.15. The van der Waals surface area contributed by atoms with Crippen LogP contribution in [0.15, 0.2) is 30.3 Å². The summed E-state index contributed by atoms with van der Waals surface area (Å²) in [5.74, 6) is -2.04. The molecule has 2 N–H and O–H groups in total. The van der Waals surface area contributed by atoms with Gasteiger partial charge in [0.1, 0.15) is 23.6 Å². The first kappa shape index (κ1) is 24.5. The molecule has 0 unspecified atom stereocenters. The number of carboxylic acids is 1. The molecule has 2 saturated heterocycles. The van der Waals surface area contributed by atoms with Crippen molar-refractivity contribution in [3.05, 3.63) is 35.9 Å². The molecule has 0 bridgehead atoms. The van der Waals surface area contributed by atoms with E-state index in [2.05, 4.69) is 4.72 Å². The summed E-state index contributed by atoms with van der Waals surface area (Å²) in [6, 6.07) is 5.95. The summed E-state index contributed by atoms with van der Waals surface area (Å²) in [6.45, 7) is 0.721. The standard InChI is InChI=1S/C20H27N3O7S2/c24-18(22-9-11-31(28)12-10-22)13-16(19(25)23-8-4-7-17(23)20(26)27)21-32(29,30)14-15-5-2-1-3-6-15/h1-3,5-6,16-17,21H,4,7-14H2,(H,26,27)/t16-,17+/m1/s1. The number of hydrogen-bond acceptors (Lipinski definition) is 6. The van der Waals surface area contributed by atoms with Crippen molar-refractivity contribution in [3.63, 3.8) is 0 Å². The van der Waals surface area contributed by atoms with Crippen molar-refractivity contribution < 1.29 is 32.5 Å². The zero-order chi connectivity index (χ0) is 23.3. The second-order valence-electron chi connectivity index (χ2n) is 7.88. The largest absolute Gasteiger partial charge is 0.616 e. The normalized spacial score (nSPS) is 20.8. The Morgan fingerprint density at radius 1 is 1.16 bits per heavy atom. The molecular weight excluding hydrogens is 458 g/mol. The third-order valence-corrected chi connectivity index (χ3v) is 8.18. The predicted octanol–water partition coefficient (Wildman–Crippen LogP) is -0.469. The molecule has 2 amide bonds. The Morgan fingerprint density at radius 2 is 1.81 bits per heavy atom. The fraction of sp³-hybridized carbons (Fsp3) is 0.550. The number of likely N-dealkylation sites (tertiary alicyclic amines) is 1. The van der Waals surface area contributed by atoms with E-state index in [-0.39, 0.29) is 31.8 Å². The van der Waals surface area contributed by atoms with Crippen LogP contribution >= 0.6 is 0 Å². The number of carboxylic acid groups (broad SMARTS) is 1. The van der Waals surface area contributed by atoms with Gasteiger partial charge in [-0.05, 0) is 18.4 Å². The van der Waals surface area contributed by atoms with E-state index in [0.717, 1.165) is 4.90 Å². The van der Waals surface area contributed by atoms with Gasteiger partial charge in [-0.2, -0.15) is 0 Å². The van der Waals surface area contributed by atoms with E-state index >= 15 is 0 Å². The highest BCUT2D eigenvalue weighted by molar-refractivity contribution is 7.91. The summed E-state index contributed by atoms with van der Waals surface area (Å²) in [7, 11) is -4.00. The molecule has 0 aliphatic carbocycles.